The van der Waals surface area contributed by atoms with Crippen LogP contribution >= 0.6 is 11.6 Å². The standard InChI is InChI=1S/C30H36ClFN4O4S/c1-5-22(2)33-30(38)28(19-23-11-7-6-8-12-23)35(20-24-15-17-25(31)18-16-24)29(37)21-36(41(39,40)34(3)4)27-14-10-9-13-26(27)32/h6-18,22,28H,5,19-21H2,1-4H3,(H,33,38)/t22-,28+/m1/s1. The number of nitrogens with one attached hydrogen (secondary N) is 1. The molecule has 3 aromatic carbocycles. The van der Waals surface area contributed by atoms with Crippen molar-refractivity contribution in [2.75, 3.05) is 24.9 Å². The number of amides is 2. The van der Waals surface area contributed by atoms with Crippen molar-refractivity contribution in [3.8, 4) is 0 Å². The Labute approximate surface area is 246 Å². The van der Waals surface area contributed by atoms with E-state index in [1.54, 1.807) is 24.3 Å². The van der Waals surface area contributed by atoms with Crippen LogP contribution in [0.5, 0.6) is 0 Å². The SMILES string of the molecule is CC[C@@H](C)NC(=O)[C@H](Cc1ccccc1)N(Cc1ccc(Cl)cc1)C(=O)CN(c1ccccc1F)S(=O)(=O)N(C)C. The van der Waals surface area contributed by atoms with Crippen LogP contribution in [0, 0.1) is 5.82 Å². The molecule has 0 saturated heterocycles. The first-order valence-corrected chi connectivity index (χ1v) is 15.0. The molecule has 0 saturated carbocycles. The van der Waals surface area contributed by atoms with E-state index < -0.39 is 34.5 Å². The van der Waals surface area contributed by atoms with Gasteiger partial charge < -0.3 is 10.2 Å². The summed E-state index contributed by atoms with van der Waals surface area (Å²) in [5, 5.41) is 3.47. The number of anilines is 1. The smallest absolute Gasteiger partial charge is 0.304 e. The first kappa shape index (κ1) is 32.0. The zero-order chi connectivity index (χ0) is 30.2. The van der Waals surface area contributed by atoms with Gasteiger partial charge in [0.25, 0.3) is 0 Å². The van der Waals surface area contributed by atoms with Crippen LogP contribution in [0.15, 0.2) is 78.9 Å². The number of carbonyl (C=O) groups is 2. The van der Waals surface area contributed by atoms with Crippen molar-refractivity contribution < 1.29 is 22.4 Å². The lowest BCUT2D eigenvalue weighted by Gasteiger charge is -2.35. The van der Waals surface area contributed by atoms with Gasteiger partial charge in [0.2, 0.25) is 11.8 Å². The average Bonchev–Trinajstić information content (AvgIpc) is 2.95. The first-order chi connectivity index (χ1) is 19.4. The summed E-state index contributed by atoms with van der Waals surface area (Å²) in [6, 6.07) is 20.3. The van der Waals surface area contributed by atoms with Gasteiger partial charge in [-0.3, -0.25) is 9.59 Å². The minimum absolute atomic E-state index is 0.00540. The maximum Gasteiger partial charge on any atom is 0.304 e. The molecule has 0 heterocycles. The Morgan fingerprint density at radius 1 is 0.927 bits per heavy atom. The summed E-state index contributed by atoms with van der Waals surface area (Å²) >= 11 is 6.08. The quantitative estimate of drug-likeness (QED) is 0.308. The van der Waals surface area contributed by atoms with E-state index in [1.165, 1.54) is 37.2 Å². The molecule has 0 aromatic heterocycles. The zero-order valence-electron chi connectivity index (χ0n) is 23.6. The van der Waals surface area contributed by atoms with Crippen molar-refractivity contribution in [1.82, 2.24) is 14.5 Å². The molecule has 0 spiro atoms. The normalized spacial score (nSPS) is 13.0. The predicted octanol–water partition coefficient (Wildman–Crippen LogP) is 4.65. The highest BCUT2D eigenvalue weighted by Crippen LogP contribution is 2.24. The predicted molar refractivity (Wildman–Crippen MR) is 160 cm³/mol. The average molecular weight is 603 g/mol. The van der Waals surface area contributed by atoms with Crippen molar-refractivity contribution in [2.24, 2.45) is 0 Å². The van der Waals surface area contributed by atoms with Gasteiger partial charge in [0.1, 0.15) is 18.4 Å². The van der Waals surface area contributed by atoms with Gasteiger partial charge in [0.05, 0.1) is 5.69 Å². The molecular weight excluding hydrogens is 567 g/mol. The van der Waals surface area contributed by atoms with Crippen LogP contribution in [0.25, 0.3) is 0 Å². The Morgan fingerprint density at radius 3 is 2.12 bits per heavy atom. The zero-order valence-corrected chi connectivity index (χ0v) is 25.2. The Balaban J connectivity index is 2.10. The first-order valence-electron chi connectivity index (χ1n) is 13.3. The molecule has 1 N–H and O–H groups in total. The van der Waals surface area contributed by atoms with E-state index in [9.17, 15) is 22.4 Å². The summed E-state index contributed by atoms with van der Waals surface area (Å²) in [4.78, 5) is 29.2. The fraction of sp³-hybridized carbons (Fsp3) is 0.333. The second-order valence-electron chi connectivity index (χ2n) is 9.92. The third-order valence-corrected chi connectivity index (χ3v) is 8.74. The van der Waals surface area contributed by atoms with Crippen LogP contribution in [-0.4, -0.2) is 62.2 Å². The summed E-state index contributed by atoms with van der Waals surface area (Å²) < 4.78 is 43.2. The Hall–Kier alpha value is -3.47. The molecule has 0 radical (unpaired) electrons. The number of halogens is 2. The number of benzene rings is 3. The Bertz CT molecular complexity index is 1420. The fourth-order valence-electron chi connectivity index (χ4n) is 4.14. The van der Waals surface area contributed by atoms with E-state index in [0.29, 0.717) is 17.0 Å². The van der Waals surface area contributed by atoms with E-state index in [-0.39, 0.29) is 30.6 Å². The minimum Gasteiger partial charge on any atom is -0.352 e. The molecule has 3 aromatic rings. The largest absolute Gasteiger partial charge is 0.352 e. The highest BCUT2D eigenvalue weighted by atomic mass is 35.5. The number of hydrogen-bond acceptors (Lipinski definition) is 4. The molecule has 0 bridgehead atoms. The summed E-state index contributed by atoms with van der Waals surface area (Å²) in [5.41, 5.74) is 1.23. The van der Waals surface area contributed by atoms with Gasteiger partial charge in [-0.15, -0.1) is 0 Å². The number of para-hydroxylation sites is 1. The van der Waals surface area contributed by atoms with Gasteiger partial charge in [-0.2, -0.15) is 12.7 Å². The number of hydrogen-bond donors (Lipinski definition) is 1. The van der Waals surface area contributed by atoms with E-state index in [2.05, 4.69) is 5.32 Å². The van der Waals surface area contributed by atoms with Crippen molar-refractivity contribution in [3.63, 3.8) is 0 Å². The Morgan fingerprint density at radius 2 is 1.54 bits per heavy atom. The maximum absolute atomic E-state index is 14.9. The molecule has 220 valence electrons. The van der Waals surface area contributed by atoms with Crippen LogP contribution in [0.1, 0.15) is 31.4 Å². The fourth-order valence-corrected chi connectivity index (χ4v) is 5.33. The van der Waals surface area contributed by atoms with Crippen molar-refractivity contribution >= 4 is 39.3 Å². The van der Waals surface area contributed by atoms with Crippen LogP contribution in [0.3, 0.4) is 0 Å². The molecular formula is C30H36ClFN4O4S. The molecule has 0 unspecified atom stereocenters. The number of carbonyl (C=O) groups excluding carboxylic acids is 2. The molecule has 11 heteroatoms. The molecule has 0 aliphatic carbocycles. The monoisotopic (exact) mass is 602 g/mol. The number of nitrogens with zero attached hydrogens (tertiary/aromatic N) is 3. The van der Waals surface area contributed by atoms with Crippen LogP contribution < -0.4 is 9.62 Å². The molecule has 41 heavy (non-hydrogen) atoms. The summed E-state index contributed by atoms with van der Waals surface area (Å²) in [6.07, 6.45) is 0.861. The lowest BCUT2D eigenvalue weighted by Crippen LogP contribution is -2.55. The summed E-state index contributed by atoms with van der Waals surface area (Å²) in [5.74, 6) is -1.85. The minimum atomic E-state index is -4.29. The topological polar surface area (TPSA) is 90.0 Å². The van der Waals surface area contributed by atoms with E-state index >= 15 is 0 Å². The highest BCUT2D eigenvalue weighted by molar-refractivity contribution is 7.90. The van der Waals surface area contributed by atoms with Gasteiger partial charge in [0.15, 0.2) is 0 Å². The molecule has 2 amide bonds. The molecule has 0 aliphatic heterocycles. The van der Waals surface area contributed by atoms with E-state index in [1.807, 2.05) is 44.2 Å². The Kier molecular flexibility index (Phi) is 11.3. The third-order valence-electron chi connectivity index (χ3n) is 6.68. The molecule has 8 nitrogen and oxygen atoms in total. The molecule has 2 atom stereocenters. The van der Waals surface area contributed by atoms with E-state index in [0.717, 1.165) is 20.2 Å². The number of rotatable bonds is 13. The molecule has 0 aliphatic rings. The van der Waals surface area contributed by atoms with Crippen molar-refractivity contribution in [3.05, 3.63) is 101 Å². The van der Waals surface area contributed by atoms with Crippen LogP contribution in [0.2, 0.25) is 5.02 Å². The second-order valence-corrected chi connectivity index (χ2v) is 12.4. The second kappa shape index (κ2) is 14.4. The maximum atomic E-state index is 14.9. The van der Waals surface area contributed by atoms with Crippen LogP contribution in [0.4, 0.5) is 10.1 Å². The van der Waals surface area contributed by atoms with Crippen molar-refractivity contribution in [1.29, 1.82) is 0 Å². The van der Waals surface area contributed by atoms with Gasteiger partial charge in [-0.25, -0.2) is 8.70 Å². The van der Waals surface area contributed by atoms with Crippen molar-refractivity contribution in [2.45, 2.75) is 45.3 Å². The molecule has 0 fully saturated rings. The van der Waals surface area contributed by atoms with Gasteiger partial charge in [-0.1, -0.05) is 73.1 Å². The third kappa shape index (κ3) is 8.51. The summed E-state index contributed by atoms with van der Waals surface area (Å²) in [7, 11) is -1.68. The van der Waals surface area contributed by atoms with Gasteiger partial charge in [-0.05, 0) is 48.7 Å². The lowest BCUT2D eigenvalue weighted by molar-refractivity contribution is -0.140. The lowest BCUT2D eigenvalue weighted by atomic mass is 10.0. The van der Waals surface area contributed by atoms with Gasteiger partial charge in [0, 0.05) is 38.1 Å². The van der Waals surface area contributed by atoms with Gasteiger partial charge >= 0.3 is 10.2 Å². The van der Waals surface area contributed by atoms with E-state index in [4.69, 9.17) is 11.6 Å². The summed E-state index contributed by atoms with van der Waals surface area (Å²) in [6.45, 7) is 3.07. The molecule has 3 rings (SSSR count). The van der Waals surface area contributed by atoms with Crippen LogP contribution in [-0.2, 0) is 32.8 Å². The highest BCUT2D eigenvalue weighted by Gasteiger charge is 2.35.